The van der Waals surface area contributed by atoms with Crippen LogP contribution < -0.4 is 11.1 Å². The molecule has 0 saturated carbocycles. The number of carbonyl (C=O) groups excluding carboxylic acids is 2. The van der Waals surface area contributed by atoms with E-state index in [2.05, 4.69) is 5.32 Å². The van der Waals surface area contributed by atoms with Gasteiger partial charge in [0, 0.05) is 26.1 Å². The van der Waals surface area contributed by atoms with Gasteiger partial charge >= 0.3 is 0 Å². The fourth-order valence-electron chi connectivity index (χ4n) is 1.85. The van der Waals surface area contributed by atoms with E-state index in [9.17, 15) is 9.59 Å². The Kier molecular flexibility index (Phi) is 4.08. The van der Waals surface area contributed by atoms with Crippen LogP contribution in [0.3, 0.4) is 0 Å². The second kappa shape index (κ2) is 5.11. The second-order valence-corrected chi connectivity index (χ2v) is 4.11. The van der Waals surface area contributed by atoms with Crippen molar-refractivity contribution in [3.05, 3.63) is 0 Å². The van der Waals surface area contributed by atoms with Crippen LogP contribution >= 0.6 is 0 Å². The first-order chi connectivity index (χ1) is 7.00. The molecule has 5 nitrogen and oxygen atoms in total. The summed E-state index contributed by atoms with van der Waals surface area (Å²) in [5, 5.41) is 2.58. The van der Waals surface area contributed by atoms with Crippen LogP contribution in [0.2, 0.25) is 0 Å². The largest absolute Gasteiger partial charge is 0.345 e. The van der Waals surface area contributed by atoms with Gasteiger partial charge in [-0.25, -0.2) is 0 Å². The van der Waals surface area contributed by atoms with Gasteiger partial charge in [-0.05, 0) is 19.8 Å². The highest BCUT2D eigenvalue weighted by molar-refractivity contribution is 5.86. The summed E-state index contributed by atoms with van der Waals surface area (Å²) >= 11 is 0. The fourth-order valence-corrected chi connectivity index (χ4v) is 1.85. The fraction of sp³-hybridized carbons (Fsp3) is 0.800. The summed E-state index contributed by atoms with van der Waals surface area (Å²) in [6, 6.07) is -0.375. The zero-order valence-electron chi connectivity index (χ0n) is 9.32. The highest BCUT2D eigenvalue weighted by atomic mass is 16.2. The molecular formula is C10H19N3O2. The summed E-state index contributed by atoms with van der Waals surface area (Å²) in [7, 11) is 0. The number of amides is 2. The van der Waals surface area contributed by atoms with Gasteiger partial charge in [-0.2, -0.15) is 0 Å². The summed E-state index contributed by atoms with van der Waals surface area (Å²) in [5.41, 5.74) is 5.78. The predicted octanol–water partition coefficient (Wildman–Crippen LogP) is -0.539. The third kappa shape index (κ3) is 3.51. The number of piperidine rings is 1. The average molecular weight is 213 g/mol. The Morgan fingerprint density at radius 1 is 1.53 bits per heavy atom. The lowest BCUT2D eigenvalue weighted by Gasteiger charge is -2.32. The standard InChI is InChI=1S/C10H19N3O2/c1-7(12-8(2)14)10(15)13-5-3-4-9(11)6-13/h7,9H,3-6,11H2,1-2H3,(H,12,14). The van der Waals surface area contributed by atoms with Crippen molar-refractivity contribution in [2.75, 3.05) is 13.1 Å². The van der Waals surface area contributed by atoms with Crippen molar-refractivity contribution in [3.63, 3.8) is 0 Å². The quantitative estimate of drug-likeness (QED) is 0.647. The molecule has 0 bridgehead atoms. The molecule has 0 aliphatic carbocycles. The molecule has 3 N–H and O–H groups in total. The summed E-state index contributed by atoms with van der Waals surface area (Å²) in [6.07, 6.45) is 1.91. The molecule has 5 heteroatoms. The van der Waals surface area contributed by atoms with E-state index in [0.717, 1.165) is 19.4 Å². The molecule has 2 unspecified atom stereocenters. The second-order valence-electron chi connectivity index (χ2n) is 4.11. The molecule has 1 fully saturated rings. The third-order valence-electron chi connectivity index (χ3n) is 2.56. The van der Waals surface area contributed by atoms with E-state index >= 15 is 0 Å². The van der Waals surface area contributed by atoms with Gasteiger partial charge in [-0.15, -0.1) is 0 Å². The maximum absolute atomic E-state index is 11.8. The Labute approximate surface area is 90.0 Å². The number of nitrogens with zero attached hydrogens (tertiary/aromatic N) is 1. The smallest absolute Gasteiger partial charge is 0.244 e. The zero-order chi connectivity index (χ0) is 11.4. The van der Waals surface area contributed by atoms with Crippen molar-refractivity contribution in [2.24, 2.45) is 5.73 Å². The number of hydrogen-bond donors (Lipinski definition) is 2. The van der Waals surface area contributed by atoms with Gasteiger partial charge in [0.15, 0.2) is 0 Å². The Morgan fingerprint density at radius 3 is 2.73 bits per heavy atom. The van der Waals surface area contributed by atoms with Gasteiger partial charge in [0.2, 0.25) is 11.8 Å². The van der Waals surface area contributed by atoms with Crippen LogP contribution in [0.5, 0.6) is 0 Å². The molecule has 0 spiro atoms. The number of rotatable bonds is 2. The minimum Gasteiger partial charge on any atom is -0.345 e. The van der Waals surface area contributed by atoms with Crippen molar-refractivity contribution in [1.29, 1.82) is 0 Å². The lowest BCUT2D eigenvalue weighted by molar-refractivity contribution is -0.136. The molecule has 86 valence electrons. The maximum atomic E-state index is 11.8. The van der Waals surface area contributed by atoms with Gasteiger partial charge in [-0.3, -0.25) is 9.59 Å². The summed E-state index contributed by atoms with van der Waals surface area (Å²) < 4.78 is 0. The van der Waals surface area contributed by atoms with Crippen molar-refractivity contribution >= 4 is 11.8 Å². The monoisotopic (exact) mass is 213 g/mol. The molecular weight excluding hydrogens is 194 g/mol. The van der Waals surface area contributed by atoms with E-state index in [-0.39, 0.29) is 17.9 Å². The van der Waals surface area contributed by atoms with Crippen LogP contribution in [0.15, 0.2) is 0 Å². The van der Waals surface area contributed by atoms with Crippen molar-refractivity contribution in [3.8, 4) is 0 Å². The third-order valence-corrected chi connectivity index (χ3v) is 2.56. The highest BCUT2D eigenvalue weighted by Crippen LogP contribution is 2.09. The van der Waals surface area contributed by atoms with Crippen LogP contribution in [0.25, 0.3) is 0 Å². The van der Waals surface area contributed by atoms with E-state index < -0.39 is 6.04 Å². The van der Waals surface area contributed by atoms with Crippen LogP contribution in [-0.4, -0.2) is 41.9 Å². The minimum atomic E-state index is -0.451. The maximum Gasteiger partial charge on any atom is 0.244 e. The Morgan fingerprint density at radius 2 is 2.20 bits per heavy atom. The summed E-state index contributed by atoms with van der Waals surface area (Å²) in [5.74, 6) is -0.225. The van der Waals surface area contributed by atoms with Gasteiger partial charge in [0.1, 0.15) is 6.04 Å². The molecule has 1 saturated heterocycles. The van der Waals surface area contributed by atoms with Crippen LogP contribution in [0.1, 0.15) is 26.7 Å². The van der Waals surface area contributed by atoms with Gasteiger partial charge in [-0.1, -0.05) is 0 Å². The minimum absolute atomic E-state index is 0.0413. The first kappa shape index (κ1) is 12.0. The normalized spacial score (nSPS) is 23.4. The predicted molar refractivity (Wildman–Crippen MR) is 57.1 cm³/mol. The first-order valence-electron chi connectivity index (χ1n) is 5.32. The molecule has 1 aliphatic rings. The molecule has 0 aromatic rings. The molecule has 1 heterocycles. The Balaban J connectivity index is 2.47. The molecule has 0 aromatic carbocycles. The van der Waals surface area contributed by atoms with Gasteiger partial charge in [0.25, 0.3) is 0 Å². The lowest BCUT2D eigenvalue weighted by Crippen LogP contribution is -2.52. The van der Waals surface area contributed by atoms with Crippen LogP contribution in [-0.2, 0) is 9.59 Å². The molecule has 0 aromatic heterocycles. The van der Waals surface area contributed by atoms with E-state index in [1.807, 2.05) is 0 Å². The summed E-state index contributed by atoms with van der Waals surface area (Å²) in [4.78, 5) is 24.4. The molecule has 2 atom stereocenters. The van der Waals surface area contributed by atoms with E-state index in [1.165, 1.54) is 6.92 Å². The number of nitrogens with one attached hydrogen (secondary N) is 1. The van der Waals surface area contributed by atoms with Crippen molar-refractivity contribution in [1.82, 2.24) is 10.2 Å². The molecule has 1 rings (SSSR count). The molecule has 0 radical (unpaired) electrons. The van der Waals surface area contributed by atoms with Crippen LogP contribution in [0, 0.1) is 0 Å². The molecule has 2 amide bonds. The van der Waals surface area contributed by atoms with Crippen molar-refractivity contribution in [2.45, 2.75) is 38.8 Å². The van der Waals surface area contributed by atoms with Gasteiger partial charge in [0.05, 0.1) is 0 Å². The topological polar surface area (TPSA) is 75.4 Å². The average Bonchev–Trinajstić information content (AvgIpc) is 2.15. The molecule has 15 heavy (non-hydrogen) atoms. The summed E-state index contributed by atoms with van der Waals surface area (Å²) in [6.45, 7) is 4.45. The van der Waals surface area contributed by atoms with E-state index in [1.54, 1.807) is 11.8 Å². The number of nitrogens with two attached hydrogens (primary N) is 1. The van der Waals surface area contributed by atoms with Gasteiger partial charge < -0.3 is 16.0 Å². The Hall–Kier alpha value is -1.10. The first-order valence-corrected chi connectivity index (χ1v) is 5.32. The number of likely N-dealkylation sites (tertiary alicyclic amines) is 1. The molecule has 1 aliphatic heterocycles. The zero-order valence-corrected chi connectivity index (χ0v) is 9.32. The van der Waals surface area contributed by atoms with Crippen LogP contribution in [0.4, 0.5) is 0 Å². The SMILES string of the molecule is CC(=O)NC(C)C(=O)N1CCCC(N)C1. The number of carbonyl (C=O) groups is 2. The van der Waals surface area contributed by atoms with E-state index in [0.29, 0.717) is 6.54 Å². The van der Waals surface area contributed by atoms with E-state index in [4.69, 9.17) is 5.73 Å². The number of hydrogen-bond acceptors (Lipinski definition) is 3. The lowest BCUT2D eigenvalue weighted by atomic mass is 10.1. The van der Waals surface area contributed by atoms with Crippen molar-refractivity contribution < 1.29 is 9.59 Å². The Bertz CT molecular complexity index is 255. The highest BCUT2D eigenvalue weighted by Gasteiger charge is 2.25.